The van der Waals surface area contributed by atoms with Crippen molar-refractivity contribution in [2.45, 2.75) is 6.92 Å². The van der Waals surface area contributed by atoms with Crippen molar-refractivity contribution in [1.29, 1.82) is 0 Å². The number of benzene rings is 2. The first kappa shape index (κ1) is 15.0. The van der Waals surface area contributed by atoms with Crippen LogP contribution in [-0.4, -0.2) is 18.2 Å². The minimum Gasteiger partial charge on any atom is -0.465 e. The number of anilines is 2. The van der Waals surface area contributed by atoms with Gasteiger partial charge in [-0.2, -0.15) is 0 Å². The van der Waals surface area contributed by atoms with Crippen LogP contribution in [0, 0.1) is 6.92 Å². The Labute approximate surface area is 129 Å². The molecule has 0 atom stereocenters. The highest BCUT2D eigenvalue weighted by molar-refractivity contribution is 7.80. The highest BCUT2D eigenvalue weighted by Gasteiger charge is 2.09. The van der Waals surface area contributed by atoms with Crippen LogP contribution in [0.2, 0.25) is 0 Å². The van der Waals surface area contributed by atoms with Crippen LogP contribution in [0.15, 0.2) is 48.5 Å². The monoisotopic (exact) mass is 300 g/mol. The quantitative estimate of drug-likeness (QED) is 0.670. The number of aryl methyl sites for hydroxylation is 1. The van der Waals surface area contributed by atoms with E-state index in [0.717, 1.165) is 16.9 Å². The van der Waals surface area contributed by atoms with E-state index >= 15 is 0 Å². The molecule has 0 spiro atoms. The lowest BCUT2D eigenvalue weighted by molar-refractivity contribution is 0.0601. The van der Waals surface area contributed by atoms with E-state index in [1.165, 1.54) is 7.11 Å². The molecule has 21 heavy (non-hydrogen) atoms. The van der Waals surface area contributed by atoms with Crippen LogP contribution in [-0.2, 0) is 4.74 Å². The van der Waals surface area contributed by atoms with Crippen LogP contribution in [0.1, 0.15) is 15.9 Å². The Hall–Kier alpha value is -2.40. The smallest absolute Gasteiger partial charge is 0.337 e. The molecule has 0 saturated heterocycles. The van der Waals surface area contributed by atoms with Gasteiger partial charge in [0.2, 0.25) is 0 Å². The SMILES string of the molecule is COC(=O)c1ccc(C)c(NC(=S)Nc2ccccc2)c1. The second kappa shape index (κ2) is 6.85. The minimum absolute atomic E-state index is 0.375. The third-order valence-electron chi connectivity index (χ3n) is 2.94. The van der Waals surface area contributed by atoms with Gasteiger partial charge in [-0.3, -0.25) is 0 Å². The number of hydrogen-bond donors (Lipinski definition) is 2. The average molecular weight is 300 g/mol. The Morgan fingerprint density at radius 1 is 1.10 bits per heavy atom. The molecule has 0 amide bonds. The zero-order valence-electron chi connectivity index (χ0n) is 11.8. The van der Waals surface area contributed by atoms with E-state index in [4.69, 9.17) is 17.0 Å². The van der Waals surface area contributed by atoms with E-state index in [2.05, 4.69) is 10.6 Å². The first-order valence-electron chi connectivity index (χ1n) is 6.42. The summed E-state index contributed by atoms with van der Waals surface area (Å²) in [7, 11) is 1.36. The highest BCUT2D eigenvalue weighted by Crippen LogP contribution is 2.18. The maximum absolute atomic E-state index is 11.6. The lowest BCUT2D eigenvalue weighted by atomic mass is 10.1. The molecule has 2 aromatic carbocycles. The summed E-state index contributed by atoms with van der Waals surface area (Å²) in [6.45, 7) is 1.94. The van der Waals surface area contributed by atoms with Crippen molar-refractivity contribution in [3.8, 4) is 0 Å². The van der Waals surface area contributed by atoms with Crippen molar-refractivity contribution in [3.63, 3.8) is 0 Å². The molecule has 4 nitrogen and oxygen atoms in total. The van der Waals surface area contributed by atoms with Gasteiger partial charge in [-0.15, -0.1) is 0 Å². The number of nitrogens with one attached hydrogen (secondary N) is 2. The summed E-state index contributed by atoms with van der Waals surface area (Å²) < 4.78 is 4.72. The van der Waals surface area contributed by atoms with Crippen LogP contribution in [0.25, 0.3) is 0 Å². The molecule has 2 N–H and O–H groups in total. The number of thiocarbonyl (C=S) groups is 1. The number of esters is 1. The summed E-state index contributed by atoms with van der Waals surface area (Å²) in [4.78, 5) is 11.6. The van der Waals surface area contributed by atoms with Crippen LogP contribution in [0.5, 0.6) is 0 Å². The molecule has 5 heteroatoms. The molecule has 0 aliphatic heterocycles. The van der Waals surface area contributed by atoms with E-state index in [1.54, 1.807) is 12.1 Å². The van der Waals surface area contributed by atoms with Crippen molar-refractivity contribution in [2.75, 3.05) is 17.7 Å². The van der Waals surface area contributed by atoms with Crippen LogP contribution in [0.3, 0.4) is 0 Å². The lowest BCUT2D eigenvalue weighted by Gasteiger charge is -2.13. The Morgan fingerprint density at radius 3 is 2.48 bits per heavy atom. The number of para-hydroxylation sites is 1. The van der Waals surface area contributed by atoms with Gasteiger partial charge in [0.1, 0.15) is 0 Å². The van der Waals surface area contributed by atoms with Gasteiger partial charge >= 0.3 is 5.97 Å². The van der Waals surface area contributed by atoms with Crippen molar-refractivity contribution < 1.29 is 9.53 Å². The third-order valence-corrected chi connectivity index (χ3v) is 3.14. The van der Waals surface area contributed by atoms with Gasteiger partial charge in [-0.1, -0.05) is 24.3 Å². The fourth-order valence-electron chi connectivity index (χ4n) is 1.81. The summed E-state index contributed by atoms with van der Waals surface area (Å²) in [6.07, 6.45) is 0. The van der Waals surface area contributed by atoms with Crippen molar-refractivity contribution in [1.82, 2.24) is 0 Å². The van der Waals surface area contributed by atoms with Crippen LogP contribution in [0.4, 0.5) is 11.4 Å². The Morgan fingerprint density at radius 2 is 1.81 bits per heavy atom. The van der Waals surface area contributed by atoms with E-state index in [-0.39, 0.29) is 5.97 Å². The van der Waals surface area contributed by atoms with Crippen molar-refractivity contribution >= 4 is 34.7 Å². The number of ether oxygens (including phenoxy) is 1. The second-order valence-corrected chi connectivity index (χ2v) is 4.87. The molecule has 0 fully saturated rings. The fourth-order valence-corrected chi connectivity index (χ4v) is 2.04. The average Bonchev–Trinajstić information content (AvgIpc) is 2.49. The maximum Gasteiger partial charge on any atom is 0.337 e. The molecule has 2 aromatic rings. The van der Waals surface area contributed by atoms with Crippen molar-refractivity contribution in [3.05, 3.63) is 59.7 Å². The molecule has 0 unspecified atom stereocenters. The first-order valence-corrected chi connectivity index (χ1v) is 6.83. The van der Waals surface area contributed by atoms with Crippen molar-refractivity contribution in [2.24, 2.45) is 0 Å². The van der Waals surface area contributed by atoms with Gasteiger partial charge in [0.15, 0.2) is 5.11 Å². The van der Waals surface area contributed by atoms with E-state index in [1.807, 2.05) is 43.3 Å². The van der Waals surface area contributed by atoms with Gasteiger partial charge < -0.3 is 15.4 Å². The summed E-state index contributed by atoms with van der Waals surface area (Å²) in [6, 6.07) is 14.9. The van der Waals surface area contributed by atoms with E-state index in [0.29, 0.717) is 10.7 Å². The maximum atomic E-state index is 11.6. The summed E-state index contributed by atoms with van der Waals surface area (Å²) >= 11 is 5.28. The number of hydrogen-bond acceptors (Lipinski definition) is 3. The normalized spacial score (nSPS) is 9.81. The van der Waals surface area contributed by atoms with Gasteiger partial charge in [0, 0.05) is 11.4 Å². The molecule has 0 heterocycles. The molecule has 108 valence electrons. The molecular weight excluding hydrogens is 284 g/mol. The zero-order valence-corrected chi connectivity index (χ0v) is 12.7. The Bertz CT molecular complexity index is 657. The van der Waals surface area contributed by atoms with Gasteiger partial charge in [-0.05, 0) is 49.0 Å². The number of rotatable bonds is 3. The Kier molecular flexibility index (Phi) is 4.90. The highest BCUT2D eigenvalue weighted by atomic mass is 32.1. The fraction of sp³-hybridized carbons (Fsp3) is 0.125. The molecular formula is C16H16N2O2S. The number of methoxy groups -OCH3 is 1. The molecule has 0 aromatic heterocycles. The molecule has 0 bridgehead atoms. The molecule has 0 aliphatic carbocycles. The predicted molar refractivity (Wildman–Crippen MR) is 88.8 cm³/mol. The number of carbonyl (C=O) groups excluding carboxylic acids is 1. The minimum atomic E-state index is -0.375. The van der Waals surface area contributed by atoms with Gasteiger partial charge in [-0.25, -0.2) is 4.79 Å². The topological polar surface area (TPSA) is 50.4 Å². The van der Waals surface area contributed by atoms with Gasteiger partial charge in [0.25, 0.3) is 0 Å². The lowest BCUT2D eigenvalue weighted by Crippen LogP contribution is -2.20. The van der Waals surface area contributed by atoms with Crippen LogP contribution >= 0.6 is 12.2 Å². The molecule has 0 radical (unpaired) electrons. The largest absolute Gasteiger partial charge is 0.465 e. The summed E-state index contributed by atoms with van der Waals surface area (Å²) in [5.41, 5.74) is 3.14. The van der Waals surface area contributed by atoms with Crippen LogP contribution < -0.4 is 10.6 Å². The standard InChI is InChI=1S/C16H16N2O2S/c1-11-8-9-12(15(19)20-2)10-14(11)18-16(21)17-13-6-4-3-5-7-13/h3-10H,1-2H3,(H2,17,18,21). The summed E-state index contributed by atoms with van der Waals surface area (Å²) in [5.74, 6) is -0.375. The van der Waals surface area contributed by atoms with E-state index < -0.39 is 0 Å². The molecule has 2 rings (SSSR count). The van der Waals surface area contributed by atoms with Gasteiger partial charge in [0.05, 0.1) is 12.7 Å². The Balaban J connectivity index is 2.11. The third kappa shape index (κ3) is 4.03. The molecule has 0 saturated carbocycles. The zero-order chi connectivity index (χ0) is 15.2. The first-order chi connectivity index (χ1) is 10.1. The number of carbonyl (C=O) groups is 1. The second-order valence-electron chi connectivity index (χ2n) is 4.47. The predicted octanol–water partition coefficient (Wildman–Crippen LogP) is 3.59. The molecule has 0 aliphatic rings. The summed E-state index contributed by atoms with van der Waals surface area (Å²) in [5, 5.41) is 6.64. The van der Waals surface area contributed by atoms with E-state index in [9.17, 15) is 4.79 Å².